The van der Waals surface area contributed by atoms with E-state index in [2.05, 4.69) is 24.2 Å². The summed E-state index contributed by atoms with van der Waals surface area (Å²) in [4.78, 5) is 61.3. The molecule has 0 rings (SSSR count). The molecule has 0 fully saturated rings. The van der Waals surface area contributed by atoms with Crippen molar-refractivity contribution in [3.63, 3.8) is 0 Å². The second-order valence-electron chi connectivity index (χ2n) is 6.94. The molecule has 0 amide bonds. The van der Waals surface area contributed by atoms with Gasteiger partial charge in [0.2, 0.25) is 0 Å². The third-order valence-corrected chi connectivity index (χ3v) is 7.24. The van der Waals surface area contributed by atoms with Gasteiger partial charge in [0, 0.05) is 0 Å². The predicted molar refractivity (Wildman–Crippen MR) is 108 cm³/mol. The maximum absolute atomic E-state index is 11.0. The third-order valence-electron chi connectivity index (χ3n) is 2.87. The van der Waals surface area contributed by atoms with Crippen LogP contribution in [-0.2, 0) is 40.7 Å². The van der Waals surface area contributed by atoms with Gasteiger partial charge in [-0.2, -0.15) is 8.62 Å². The standard InChI is InChI=1S/C7H16O9P2.C5H12O7P2/c1-7(2,5-6(8)9)3-4-15-18(13,14)16-17(10,11)12;1-5(2)3-4-11-14(9,10)12-13(6,7)8/h3-5H2,1-2H3,(H,8,9)(H,13,14)(H2,10,11,12);1,3-4H2,2H3,(H,9,10)(H2,6,7,8). The number of carboxylic acid groups (broad SMARTS) is 1. The molecular weight excluding hydrogens is 524 g/mol. The Balaban J connectivity index is 0. The first kappa shape index (κ1) is 33.9. The molecule has 0 aliphatic carbocycles. The molecule has 2 unspecified atom stereocenters. The number of carboxylic acids is 1. The van der Waals surface area contributed by atoms with E-state index < -0.39 is 42.7 Å². The molecule has 0 aliphatic rings. The van der Waals surface area contributed by atoms with Crippen LogP contribution in [0.15, 0.2) is 12.2 Å². The quantitative estimate of drug-likeness (QED) is 0.120. The van der Waals surface area contributed by atoms with Crippen LogP contribution in [0.25, 0.3) is 0 Å². The molecule has 0 aromatic carbocycles. The Kier molecular flexibility index (Phi) is 14.4. The lowest BCUT2D eigenvalue weighted by Crippen LogP contribution is -2.18. The lowest BCUT2D eigenvalue weighted by atomic mass is 9.86. The molecule has 0 aromatic rings. The molecule has 7 N–H and O–H groups in total. The first-order chi connectivity index (χ1) is 14.0. The van der Waals surface area contributed by atoms with E-state index in [0.717, 1.165) is 0 Å². The first-order valence-electron chi connectivity index (χ1n) is 8.30. The summed E-state index contributed by atoms with van der Waals surface area (Å²) >= 11 is 0. The fourth-order valence-corrected chi connectivity index (χ4v) is 4.76. The summed E-state index contributed by atoms with van der Waals surface area (Å²) in [5.41, 5.74) is 0.0229. The van der Waals surface area contributed by atoms with E-state index in [9.17, 15) is 23.1 Å². The van der Waals surface area contributed by atoms with Crippen LogP contribution >= 0.6 is 31.3 Å². The Hall–Kier alpha value is -0.270. The summed E-state index contributed by atoms with van der Waals surface area (Å²) in [7, 11) is -19.7. The summed E-state index contributed by atoms with van der Waals surface area (Å²) in [6, 6.07) is 0. The molecule has 0 heterocycles. The smallest absolute Gasteiger partial charge is 0.481 e. The van der Waals surface area contributed by atoms with Crippen molar-refractivity contribution in [1.29, 1.82) is 0 Å². The molecule has 192 valence electrons. The van der Waals surface area contributed by atoms with Gasteiger partial charge in [-0.05, 0) is 25.2 Å². The van der Waals surface area contributed by atoms with Gasteiger partial charge in [-0.1, -0.05) is 19.4 Å². The van der Waals surface area contributed by atoms with E-state index in [0.29, 0.717) is 12.0 Å². The van der Waals surface area contributed by atoms with Crippen molar-refractivity contribution in [2.45, 2.75) is 40.0 Å². The Bertz CT molecular complexity index is 810. The number of aliphatic carboxylic acids is 1. The molecule has 0 saturated heterocycles. The SMILES string of the molecule is C=C(C)CCOP(=O)(O)OP(=O)(O)O.CC(C)(CCOP(=O)(O)OP(=O)(O)O)CC(=O)O. The Morgan fingerprint density at radius 2 is 1.22 bits per heavy atom. The van der Waals surface area contributed by atoms with E-state index in [-0.39, 0.29) is 26.1 Å². The zero-order chi connectivity index (χ0) is 26.0. The van der Waals surface area contributed by atoms with Crippen LogP contribution < -0.4 is 0 Å². The van der Waals surface area contributed by atoms with E-state index >= 15 is 0 Å². The average Bonchev–Trinajstić information content (AvgIpc) is 2.39. The van der Waals surface area contributed by atoms with E-state index in [4.69, 9.17) is 34.5 Å². The molecular formula is C12H28O16P4. The van der Waals surface area contributed by atoms with Gasteiger partial charge in [0.05, 0.1) is 19.6 Å². The van der Waals surface area contributed by atoms with Gasteiger partial charge in [-0.25, -0.2) is 18.3 Å². The number of hydrogen-bond acceptors (Lipinski definition) is 9. The van der Waals surface area contributed by atoms with Gasteiger partial charge in [0.15, 0.2) is 0 Å². The van der Waals surface area contributed by atoms with Crippen molar-refractivity contribution in [3.8, 4) is 0 Å². The van der Waals surface area contributed by atoms with Crippen molar-refractivity contribution in [3.05, 3.63) is 12.2 Å². The van der Waals surface area contributed by atoms with Crippen LogP contribution in [0.4, 0.5) is 0 Å². The second kappa shape index (κ2) is 13.6. The average molecular weight is 552 g/mol. The summed E-state index contributed by atoms with van der Waals surface area (Å²) in [6.45, 7) is 7.84. The van der Waals surface area contributed by atoms with Crippen LogP contribution in [-0.4, -0.2) is 53.7 Å². The van der Waals surface area contributed by atoms with Crippen molar-refractivity contribution in [2.75, 3.05) is 13.2 Å². The molecule has 20 heteroatoms. The normalized spacial score (nSPS) is 16.3. The van der Waals surface area contributed by atoms with Crippen molar-refractivity contribution in [1.82, 2.24) is 0 Å². The molecule has 0 bridgehead atoms. The third kappa shape index (κ3) is 24.4. The molecule has 0 spiro atoms. The van der Waals surface area contributed by atoms with Gasteiger partial charge in [-0.15, -0.1) is 6.58 Å². The maximum atomic E-state index is 11.0. The molecule has 0 saturated carbocycles. The second-order valence-corrected chi connectivity index (χ2v) is 12.6. The minimum atomic E-state index is -5.12. The molecule has 2 atom stereocenters. The van der Waals surface area contributed by atoms with Crippen molar-refractivity contribution >= 4 is 37.3 Å². The van der Waals surface area contributed by atoms with Crippen LogP contribution in [0, 0.1) is 5.41 Å². The highest BCUT2D eigenvalue weighted by Gasteiger charge is 2.33. The van der Waals surface area contributed by atoms with Gasteiger partial charge in [-0.3, -0.25) is 13.8 Å². The molecule has 0 radical (unpaired) electrons. The number of phosphoric ester groups is 2. The lowest BCUT2D eigenvalue weighted by Gasteiger charge is -2.22. The maximum Gasteiger partial charge on any atom is 0.481 e. The zero-order valence-corrected chi connectivity index (χ0v) is 20.9. The van der Waals surface area contributed by atoms with Gasteiger partial charge in [0.25, 0.3) is 0 Å². The fraction of sp³-hybridized carbons (Fsp3) is 0.750. The minimum Gasteiger partial charge on any atom is -0.481 e. The Morgan fingerprint density at radius 1 is 0.844 bits per heavy atom. The van der Waals surface area contributed by atoms with Crippen LogP contribution in [0.2, 0.25) is 0 Å². The minimum absolute atomic E-state index is 0.106. The zero-order valence-electron chi connectivity index (χ0n) is 17.3. The topological polar surface area (TPSA) is 264 Å². The highest BCUT2D eigenvalue weighted by atomic mass is 31.3. The molecule has 0 aliphatic heterocycles. The van der Waals surface area contributed by atoms with Crippen molar-refractivity contribution < 1.29 is 75.2 Å². The van der Waals surface area contributed by atoms with Crippen LogP contribution in [0.3, 0.4) is 0 Å². The predicted octanol–water partition coefficient (Wildman–Crippen LogP) is 2.28. The summed E-state index contributed by atoms with van der Waals surface area (Å²) in [6.07, 6.45) is 0.231. The number of rotatable bonds is 14. The lowest BCUT2D eigenvalue weighted by molar-refractivity contribution is -0.139. The summed E-state index contributed by atoms with van der Waals surface area (Å²) in [5, 5.41) is 8.59. The number of phosphoric acid groups is 4. The molecule has 0 aromatic heterocycles. The van der Waals surface area contributed by atoms with E-state index in [1.165, 1.54) is 0 Å². The van der Waals surface area contributed by atoms with Gasteiger partial charge in [0.1, 0.15) is 0 Å². The van der Waals surface area contributed by atoms with E-state index in [1.54, 1.807) is 20.8 Å². The highest BCUT2D eigenvalue weighted by molar-refractivity contribution is 7.61. The van der Waals surface area contributed by atoms with Crippen LogP contribution in [0.5, 0.6) is 0 Å². The monoisotopic (exact) mass is 552 g/mol. The highest BCUT2D eigenvalue weighted by Crippen LogP contribution is 2.58. The van der Waals surface area contributed by atoms with Gasteiger partial charge >= 0.3 is 37.3 Å². The first-order valence-corrected chi connectivity index (χ1v) is 14.4. The van der Waals surface area contributed by atoms with Crippen LogP contribution in [0.1, 0.15) is 40.0 Å². The summed E-state index contributed by atoms with van der Waals surface area (Å²) in [5.74, 6) is -1.03. The fourth-order valence-electron chi connectivity index (χ4n) is 1.59. The van der Waals surface area contributed by atoms with Gasteiger partial charge < -0.3 is 34.5 Å². The Labute approximate surface area is 183 Å². The largest absolute Gasteiger partial charge is 0.481 e. The number of carbonyl (C=O) groups is 1. The Morgan fingerprint density at radius 3 is 1.53 bits per heavy atom. The van der Waals surface area contributed by atoms with Crippen molar-refractivity contribution in [2.24, 2.45) is 5.41 Å². The van der Waals surface area contributed by atoms with E-state index in [1.807, 2.05) is 0 Å². The molecule has 16 nitrogen and oxygen atoms in total. The number of hydrogen-bond donors (Lipinski definition) is 7. The molecule has 32 heavy (non-hydrogen) atoms. The summed E-state index contributed by atoms with van der Waals surface area (Å²) < 4.78 is 58.0.